The molecule has 0 aliphatic carbocycles. The third-order valence-corrected chi connectivity index (χ3v) is 6.73. The van der Waals surface area contributed by atoms with Gasteiger partial charge in [-0.2, -0.15) is 4.31 Å². The van der Waals surface area contributed by atoms with Gasteiger partial charge >= 0.3 is 0 Å². The average Bonchev–Trinajstić information content (AvgIpc) is 2.69. The van der Waals surface area contributed by atoms with E-state index in [0.29, 0.717) is 45.8 Å². The van der Waals surface area contributed by atoms with E-state index in [1.54, 1.807) is 21.6 Å². The summed E-state index contributed by atoms with van der Waals surface area (Å²) in [4.78, 5) is 20.8. The fourth-order valence-electron chi connectivity index (χ4n) is 3.89. The summed E-state index contributed by atoms with van der Waals surface area (Å²) >= 11 is 0. The minimum atomic E-state index is -3.35. The number of aromatic nitrogens is 1. The van der Waals surface area contributed by atoms with Crippen LogP contribution in [0.1, 0.15) is 18.4 Å². The molecule has 9 heteroatoms. The Hall–Kier alpha value is -1.55. The molecule has 156 valence electrons. The maximum Gasteiger partial charge on any atom is 0.227 e. The van der Waals surface area contributed by atoms with Crippen molar-refractivity contribution in [2.45, 2.75) is 25.3 Å². The van der Waals surface area contributed by atoms with E-state index in [1.807, 2.05) is 12.1 Å². The van der Waals surface area contributed by atoms with Gasteiger partial charge in [-0.05, 0) is 24.5 Å². The van der Waals surface area contributed by atoms with Crippen molar-refractivity contribution in [1.29, 1.82) is 0 Å². The van der Waals surface area contributed by atoms with Gasteiger partial charge in [-0.15, -0.1) is 0 Å². The number of morpholine rings is 1. The zero-order chi connectivity index (χ0) is 20.0. The lowest BCUT2D eigenvalue weighted by atomic mass is 10.0. The van der Waals surface area contributed by atoms with Crippen LogP contribution in [0, 0.1) is 0 Å². The summed E-state index contributed by atoms with van der Waals surface area (Å²) in [7, 11) is -3.35. The number of piperidine rings is 1. The Kier molecular flexibility index (Phi) is 7.39. The van der Waals surface area contributed by atoms with Gasteiger partial charge in [0.05, 0.1) is 25.9 Å². The number of sulfonamides is 1. The molecular weight excluding hydrogens is 380 g/mol. The third-order valence-electron chi connectivity index (χ3n) is 5.40. The van der Waals surface area contributed by atoms with Crippen molar-refractivity contribution in [2.75, 3.05) is 58.7 Å². The van der Waals surface area contributed by atoms with Crippen LogP contribution in [0.5, 0.6) is 0 Å². The average molecular weight is 411 g/mol. The van der Waals surface area contributed by atoms with Gasteiger partial charge in [-0.25, -0.2) is 8.42 Å². The van der Waals surface area contributed by atoms with E-state index < -0.39 is 10.0 Å². The summed E-state index contributed by atoms with van der Waals surface area (Å²) in [6.07, 6.45) is 6.55. The first kappa shape index (κ1) is 21.2. The molecule has 0 bridgehead atoms. The normalized spacial score (nSPS) is 21.8. The van der Waals surface area contributed by atoms with Crippen molar-refractivity contribution < 1.29 is 17.9 Å². The Labute approximate surface area is 167 Å². The maximum atomic E-state index is 12.7. The molecule has 1 unspecified atom stereocenters. The molecule has 1 amide bonds. The number of nitrogens with zero attached hydrogens (tertiary/aromatic N) is 4. The fourth-order valence-corrected chi connectivity index (χ4v) is 5.02. The molecule has 2 aliphatic rings. The molecule has 1 aromatic heterocycles. The standard InChI is InChI=1S/C19H30N4O4S/c1-28(25,26)23(9-8-21-10-12-27-13-11-21)18-5-3-7-22(16-18)19(24)14-17-4-2-6-20-15-17/h2,4,6,15,18H,3,5,7-14,16H2,1H3. The van der Waals surface area contributed by atoms with Crippen molar-refractivity contribution in [3.8, 4) is 0 Å². The van der Waals surface area contributed by atoms with E-state index in [9.17, 15) is 13.2 Å². The Bertz CT molecular complexity index is 738. The molecule has 0 N–H and O–H groups in total. The zero-order valence-electron chi connectivity index (χ0n) is 16.5. The molecular formula is C19H30N4O4S. The largest absolute Gasteiger partial charge is 0.379 e. The molecule has 2 saturated heterocycles. The Morgan fingerprint density at radius 3 is 2.79 bits per heavy atom. The first-order valence-electron chi connectivity index (χ1n) is 9.87. The monoisotopic (exact) mass is 410 g/mol. The number of carbonyl (C=O) groups is 1. The van der Waals surface area contributed by atoms with Crippen LogP contribution in [0.2, 0.25) is 0 Å². The minimum absolute atomic E-state index is 0.0272. The summed E-state index contributed by atoms with van der Waals surface area (Å²) in [5.74, 6) is 0.0272. The van der Waals surface area contributed by atoms with Gasteiger partial charge in [0.1, 0.15) is 0 Å². The number of hydrogen-bond acceptors (Lipinski definition) is 6. The van der Waals surface area contributed by atoms with Crippen LogP contribution in [0.4, 0.5) is 0 Å². The van der Waals surface area contributed by atoms with Gasteiger partial charge in [0.25, 0.3) is 0 Å². The number of hydrogen-bond donors (Lipinski definition) is 0. The minimum Gasteiger partial charge on any atom is -0.379 e. The molecule has 2 aliphatic heterocycles. The first-order chi connectivity index (χ1) is 13.4. The summed E-state index contributed by atoms with van der Waals surface area (Å²) in [6, 6.07) is 3.54. The van der Waals surface area contributed by atoms with Crippen LogP contribution in [0.15, 0.2) is 24.5 Å². The van der Waals surface area contributed by atoms with E-state index in [1.165, 1.54) is 6.26 Å². The van der Waals surface area contributed by atoms with E-state index in [-0.39, 0.29) is 11.9 Å². The molecule has 28 heavy (non-hydrogen) atoms. The molecule has 2 fully saturated rings. The quantitative estimate of drug-likeness (QED) is 0.639. The van der Waals surface area contributed by atoms with Crippen molar-refractivity contribution in [3.05, 3.63) is 30.1 Å². The van der Waals surface area contributed by atoms with Gasteiger partial charge in [-0.1, -0.05) is 6.07 Å². The lowest BCUT2D eigenvalue weighted by molar-refractivity contribution is -0.132. The van der Waals surface area contributed by atoms with E-state index in [4.69, 9.17) is 4.74 Å². The second-order valence-corrected chi connectivity index (χ2v) is 9.44. The van der Waals surface area contributed by atoms with Crippen molar-refractivity contribution in [2.24, 2.45) is 0 Å². The second-order valence-electron chi connectivity index (χ2n) is 7.50. The van der Waals surface area contributed by atoms with Gasteiger partial charge in [0.2, 0.25) is 15.9 Å². The molecule has 1 atom stereocenters. The molecule has 8 nitrogen and oxygen atoms in total. The lowest BCUT2D eigenvalue weighted by Gasteiger charge is -2.39. The van der Waals surface area contributed by atoms with Crippen LogP contribution < -0.4 is 0 Å². The van der Waals surface area contributed by atoms with Crippen LogP contribution in [-0.2, 0) is 26.0 Å². The Morgan fingerprint density at radius 2 is 2.11 bits per heavy atom. The number of ether oxygens (including phenoxy) is 1. The predicted molar refractivity (Wildman–Crippen MR) is 106 cm³/mol. The molecule has 0 spiro atoms. The molecule has 0 aromatic carbocycles. The molecule has 3 heterocycles. The van der Waals surface area contributed by atoms with E-state index >= 15 is 0 Å². The first-order valence-corrected chi connectivity index (χ1v) is 11.7. The van der Waals surface area contributed by atoms with Gasteiger partial charge < -0.3 is 9.64 Å². The number of carbonyl (C=O) groups excluding carboxylic acids is 1. The second kappa shape index (κ2) is 9.78. The summed E-state index contributed by atoms with van der Waals surface area (Å²) in [5.41, 5.74) is 0.877. The topological polar surface area (TPSA) is 83.1 Å². The third kappa shape index (κ3) is 5.97. The summed E-state index contributed by atoms with van der Waals surface area (Å²) in [6.45, 7) is 5.32. The predicted octanol–water partition coefficient (Wildman–Crippen LogP) is 0.209. The van der Waals surface area contributed by atoms with Crippen LogP contribution in [-0.4, -0.2) is 98.2 Å². The van der Waals surface area contributed by atoms with Gasteiger partial charge in [-0.3, -0.25) is 14.7 Å². The maximum absolute atomic E-state index is 12.7. The van der Waals surface area contributed by atoms with Crippen molar-refractivity contribution in [3.63, 3.8) is 0 Å². The summed E-state index contributed by atoms with van der Waals surface area (Å²) in [5, 5.41) is 0. The van der Waals surface area contributed by atoms with Crippen molar-refractivity contribution in [1.82, 2.24) is 19.1 Å². The van der Waals surface area contributed by atoms with Crippen LogP contribution >= 0.6 is 0 Å². The van der Waals surface area contributed by atoms with Crippen molar-refractivity contribution >= 4 is 15.9 Å². The van der Waals surface area contributed by atoms with Crippen LogP contribution in [0.3, 0.4) is 0 Å². The lowest BCUT2D eigenvalue weighted by Crippen LogP contribution is -2.53. The number of rotatable bonds is 7. The highest BCUT2D eigenvalue weighted by Crippen LogP contribution is 2.19. The number of likely N-dealkylation sites (tertiary alicyclic amines) is 1. The Balaban J connectivity index is 1.60. The zero-order valence-corrected chi connectivity index (χ0v) is 17.3. The van der Waals surface area contributed by atoms with Gasteiger partial charge in [0.15, 0.2) is 0 Å². The molecule has 0 radical (unpaired) electrons. The molecule has 1 aromatic rings. The van der Waals surface area contributed by atoms with E-state index in [2.05, 4.69) is 9.88 Å². The number of pyridine rings is 1. The van der Waals surface area contributed by atoms with Crippen LogP contribution in [0.25, 0.3) is 0 Å². The number of amides is 1. The molecule has 3 rings (SSSR count). The molecule has 0 saturated carbocycles. The summed E-state index contributed by atoms with van der Waals surface area (Å²) < 4.78 is 31.8. The Morgan fingerprint density at radius 1 is 1.32 bits per heavy atom. The fraction of sp³-hybridized carbons (Fsp3) is 0.684. The highest BCUT2D eigenvalue weighted by atomic mass is 32.2. The SMILES string of the molecule is CS(=O)(=O)N(CCN1CCOCC1)C1CCCN(C(=O)Cc2cccnc2)C1. The van der Waals surface area contributed by atoms with E-state index in [0.717, 1.165) is 31.5 Å². The highest BCUT2D eigenvalue weighted by Gasteiger charge is 2.32. The van der Waals surface area contributed by atoms with Gasteiger partial charge in [0, 0.05) is 57.7 Å². The smallest absolute Gasteiger partial charge is 0.227 e. The highest BCUT2D eigenvalue weighted by molar-refractivity contribution is 7.88.